The van der Waals surface area contributed by atoms with Crippen LogP contribution in [-0.4, -0.2) is 5.97 Å². The average Bonchev–Trinajstić information content (AvgIpc) is 3.15. The number of carbonyl (C=O) groups excluding carboxylic acids is 1. The number of benzene rings is 2. The normalized spacial score (nSPS) is 27.1. The third kappa shape index (κ3) is 2.33. The highest BCUT2D eigenvalue weighted by Crippen LogP contribution is 2.48. The van der Waals surface area contributed by atoms with Crippen molar-refractivity contribution in [3.63, 3.8) is 0 Å². The minimum Gasteiger partial charge on any atom is -0.461 e. The molecule has 2 nitrogen and oxygen atoms in total. The fourth-order valence-electron chi connectivity index (χ4n) is 4.21. The van der Waals surface area contributed by atoms with Gasteiger partial charge in [-0.2, -0.15) is 0 Å². The molecule has 108 valence electrons. The van der Waals surface area contributed by atoms with Gasteiger partial charge in [0.25, 0.3) is 0 Å². The molecule has 2 aromatic rings. The summed E-state index contributed by atoms with van der Waals surface area (Å²) in [5, 5.41) is 2.38. The molecule has 0 heterocycles. The maximum Gasteiger partial charge on any atom is 0.309 e. The third-order valence-corrected chi connectivity index (χ3v) is 5.29. The summed E-state index contributed by atoms with van der Waals surface area (Å²) < 4.78 is 5.63. The smallest absolute Gasteiger partial charge is 0.309 e. The van der Waals surface area contributed by atoms with Gasteiger partial charge >= 0.3 is 5.97 Å². The van der Waals surface area contributed by atoms with Crippen molar-refractivity contribution < 1.29 is 9.53 Å². The van der Waals surface area contributed by atoms with Crippen molar-refractivity contribution in [3.05, 3.63) is 48.0 Å². The summed E-state index contributed by atoms with van der Waals surface area (Å²) in [6, 6.07) is 14.4. The maximum atomic E-state index is 12.3. The lowest BCUT2D eigenvalue weighted by atomic mass is 9.89. The van der Waals surface area contributed by atoms with Gasteiger partial charge in [0.2, 0.25) is 0 Å². The molecule has 0 saturated heterocycles. The van der Waals surface area contributed by atoms with Crippen molar-refractivity contribution in [2.24, 2.45) is 17.8 Å². The van der Waals surface area contributed by atoms with Crippen LogP contribution in [0.2, 0.25) is 0 Å². The van der Waals surface area contributed by atoms with E-state index in [4.69, 9.17) is 4.74 Å². The number of rotatable bonds is 3. The molecule has 4 rings (SSSR count). The highest BCUT2D eigenvalue weighted by molar-refractivity contribution is 5.85. The van der Waals surface area contributed by atoms with Crippen LogP contribution in [0.5, 0.6) is 0 Å². The van der Waals surface area contributed by atoms with Crippen molar-refractivity contribution in [2.75, 3.05) is 0 Å². The van der Waals surface area contributed by atoms with Crippen molar-refractivity contribution in [1.29, 1.82) is 0 Å². The Hall–Kier alpha value is -1.83. The van der Waals surface area contributed by atoms with E-state index in [1.165, 1.54) is 30.0 Å². The molecular formula is C19H20O2. The lowest BCUT2D eigenvalue weighted by Crippen LogP contribution is -2.23. The molecule has 2 fully saturated rings. The Labute approximate surface area is 125 Å². The molecule has 0 aliphatic heterocycles. The number of hydrogen-bond donors (Lipinski definition) is 0. The molecule has 2 aromatic carbocycles. The molecular weight excluding hydrogens is 260 g/mol. The number of fused-ring (bicyclic) bond motifs is 3. The molecule has 2 heteroatoms. The van der Waals surface area contributed by atoms with Crippen molar-refractivity contribution in [1.82, 2.24) is 0 Å². The van der Waals surface area contributed by atoms with Gasteiger partial charge in [-0.3, -0.25) is 4.79 Å². The van der Waals surface area contributed by atoms with E-state index in [0.717, 1.165) is 17.9 Å². The van der Waals surface area contributed by atoms with Gasteiger partial charge in [0.1, 0.15) is 6.61 Å². The molecule has 3 unspecified atom stereocenters. The summed E-state index contributed by atoms with van der Waals surface area (Å²) in [6.07, 6.45) is 4.84. The van der Waals surface area contributed by atoms with Gasteiger partial charge in [0.15, 0.2) is 0 Å². The first-order valence-electron chi connectivity index (χ1n) is 7.94. The van der Waals surface area contributed by atoms with E-state index in [0.29, 0.717) is 12.5 Å². The van der Waals surface area contributed by atoms with E-state index in [9.17, 15) is 4.79 Å². The zero-order valence-electron chi connectivity index (χ0n) is 12.1. The Kier molecular flexibility index (Phi) is 3.17. The monoisotopic (exact) mass is 280 g/mol. The fourth-order valence-corrected chi connectivity index (χ4v) is 4.21. The quantitative estimate of drug-likeness (QED) is 0.783. The summed E-state index contributed by atoms with van der Waals surface area (Å²) in [7, 11) is 0. The van der Waals surface area contributed by atoms with Gasteiger partial charge in [-0.1, -0.05) is 48.9 Å². The Morgan fingerprint density at radius 3 is 2.71 bits per heavy atom. The van der Waals surface area contributed by atoms with Crippen LogP contribution in [0.3, 0.4) is 0 Å². The van der Waals surface area contributed by atoms with Crippen LogP contribution in [0.15, 0.2) is 42.5 Å². The Morgan fingerprint density at radius 1 is 1.05 bits per heavy atom. The summed E-state index contributed by atoms with van der Waals surface area (Å²) in [5.74, 6) is 1.56. The second-order valence-corrected chi connectivity index (χ2v) is 6.53. The summed E-state index contributed by atoms with van der Waals surface area (Å²) in [4.78, 5) is 12.3. The second kappa shape index (κ2) is 5.18. The van der Waals surface area contributed by atoms with E-state index in [-0.39, 0.29) is 11.9 Å². The SMILES string of the molecule is O=C(OCc1cccc2ccccc12)C1CC2CCC1C2. The van der Waals surface area contributed by atoms with E-state index in [1.807, 2.05) is 18.2 Å². The van der Waals surface area contributed by atoms with Gasteiger partial charge in [0.05, 0.1) is 5.92 Å². The molecule has 2 aliphatic carbocycles. The molecule has 0 spiro atoms. The van der Waals surface area contributed by atoms with Crippen LogP contribution in [0.4, 0.5) is 0 Å². The number of ether oxygens (including phenoxy) is 1. The first-order chi connectivity index (χ1) is 10.3. The highest BCUT2D eigenvalue weighted by atomic mass is 16.5. The van der Waals surface area contributed by atoms with Crippen molar-refractivity contribution in [2.45, 2.75) is 32.3 Å². The molecule has 0 aromatic heterocycles. The molecule has 0 N–H and O–H groups in total. The van der Waals surface area contributed by atoms with Gasteiger partial charge < -0.3 is 4.74 Å². The third-order valence-electron chi connectivity index (χ3n) is 5.29. The molecule has 0 radical (unpaired) electrons. The van der Waals surface area contributed by atoms with Crippen LogP contribution in [-0.2, 0) is 16.1 Å². The molecule has 21 heavy (non-hydrogen) atoms. The number of carbonyl (C=O) groups is 1. The standard InChI is InChI=1S/C19H20O2/c20-19(18-11-13-8-9-15(18)10-13)21-12-16-6-3-5-14-4-1-2-7-17(14)16/h1-7,13,15,18H,8-12H2. The van der Waals surface area contributed by atoms with Gasteiger partial charge in [-0.25, -0.2) is 0 Å². The summed E-state index contributed by atoms with van der Waals surface area (Å²) in [5.41, 5.74) is 1.10. The van der Waals surface area contributed by atoms with Gasteiger partial charge in [-0.05, 0) is 47.4 Å². The highest BCUT2D eigenvalue weighted by Gasteiger charge is 2.43. The largest absolute Gasteiger partial charge is 0.461 e. The Bertz CT molecular complexity index is 671. The van der Waals surface area contributed by atoms with E-state index < -0.39 is 0 Å². The summed E-state index contributed by atoms with van der Waals surface area (Å²) >= 11 is 0. The molecule has 0 amide bonds. The van der Waals surface area contributed by atoms with Crippen LogP contribution < -0.4 is 0 Å². The topological polar surface area (TPSA) is 26.3 Å². The first kappa shape index (κ1) is 12.9. The predicted molar refractivity (Wildman–Crippen MR) is 82.7 cm³/mol. The molecule has 2 aliphatic rings. The van der Waals surface area contributed by atoms with E-state index in [2.05, 4.69) is 24.3 Å². The van der Waals surface area contributed by atoms with Crippen LogP contribution in [0, 0.1) is 17.8 Å². The maximum absolute atomic E-state index is 12.3. The van der Waals surface area contributed by atoms with Crippen molar-refractivity contribution in [3.8, 4) is 0 Å². The zero-order chi connectivity index (χ0) is 14.2. The average molecular weight is 280 g/mol. The van der Waals surface area contributed by atoms with Crippen LogP contribution in [0.1, 0.15) is 31.2 Å². The lowest BCUT2D eigenvalue weighted by molar-refractivity contribution is -0.151. The zero-order valence-corrected chi connectivity index (χ0v) is 12.1. The van der Waals surface area contributed by atoms with Crippen LogP contribution >= 0.6 is 0 Å². The number of esters is 1. The summed E-state index contributed by atoms with van der Waals surface area (Å²) in [6.45, 7) is 0.397. The minimum absolute atomic E-state index is 0.0233. The Balaban J connectivity index is 1.47. The van der Waals surface area contributed by atoms with Crippen LogP contribution in [0.25, 0.3) is 10.8 Å². The molecule has 2 saturated carbocycles. The first-order valence-corrected chi connectivity index (χ1v) is 7.94. The fraction of sp³-hybridized carbons (Fsp3) is 0.421. The van der Waals surface area contributed by atoms with Crippen molar-refractivity contribution >= 4 is 16.7 Å². The number of hydrogen-bond acceptors (Lipinski definition) is 2. The minimum atomic E-state index is 0.0233. The molecule has 2 bridgehead atoms. The Morgan fingerprint density at radius 2 is 1.90 bits per heavy atom. The van der Waals surface area contributed by atoms with Gasteiger partial charge in [-0.15, -0.1) is 0 Å². The lowest BCUT2D eigenvalue weighted by Gasteiger charge is -2.20. The van der Waals surface area contributed by atoms with E-state index in [1.54, 1.807) is 0 Å². The van der Waals surface area contributed by atoms with E-state index >= 15 is 0 Å². The molecule has 3 atom stereocenters. The van der Waals surface area contributed by atoms with Gasteiger partial charge in [0, 0.05) is 0 Å². The second-order valence-electron chi connectivity index (χ2n) is 6.53. The predicted octanol–water partition coefficient (Wildman–Crippen LogP) is 4.32.